The van der Waals surface area contributed by atoms with Crippen LogP contribution in [-0.4, -0.2) is 37.2 Å². The molecule has 0 fully saturated rings. The van der Waals surface area contributed by atoms with Crippen LogP contribution < -0.4 is 0 Å². The molecule has 0 amide bonds. The van der Waals surface area contributed by atoms with Gasteiger partial charge in [-0.3, -0.25) is 14.4 Å². The Morgan fingerprint density at radius 3 is 0.812 bits per heavy atom. The highest BCUT2D eigenvalue weighted by molar-refractivity contribution is 5.71. The predicted molar refractivity (Wildman–Crippen MR) is 348 cm³/mol. The number of unbranched alkanes of at least 4 members (excludes halogenated alkanes) is 14. The fraction of sp³-hybridized carbons (Fsp3) is 0.554. The Kier molecular flexibility index (Phi) is 61.5. The summed E-state index contributed by atoms with van der Waals surface area (Å²) in [6.45, 7) is 6.30. The molecule has 1 unspecified atom stereocenters. The van der Waals surface area contributed by atoms with E-state index in [9.17, 15) is 14.4 Å². The summed E-state index contributed by atoms with van der Waals surface area (Å²) in [7, 11) is 0. The molecule has 0 bridgehead atoms. The summed E-state index contributed by atoms with van der Waals surface area (Å²) >= 11 is 0. The van der Waals surface area contributed by atoms with E-state index < -0.39 is 12.1 Å². The number of carbonyl (C=O) groups excluding carboxylic acids is 3. The maximum Gasteiger partial charge on any atom is 0.306 e. The molecule has 0 heterocycles. The average molecular weight is 1100 g/mol. The summed E-state index contributed by atoms with van der Waals surface area (Å²) in [6.07, 6.45) is 99.1. The van der Waals surface area contributed by atoms with Gasteiger partial charge in [0.15, 0.2) is 6.10 Å². The smallest absolute Gasteiger partial charge is 0.306 e. The highest BCUT2D eigenvalue weighted by Crippen LogP contribution is 2.14. The normalized spacial score (nSPS) is 13.4. The monoisotopic (exact) mass is 1100 g/mol. The van der Waals surface area contributed by atoms with Crippen molar-refractivity contribution >= 4 is 17.9 Å². The van der Waals surface area contributed by atoms with Gasteiger partial charge in [-0.05, 0) is 128 Å². The van der Waals surface area contributed by atoms with Crippen LogP contribution in [0, 0.1) is 0 Å². The zero-order chi connectivity index (χ0) is 57.8. The van der Waals surface area contributed by atoms with E-state index in [1.54, 1.807) is 0 Å². The van der Waals surface area contributed by atoms with Crippen LogP contribution in [0.4, 0.5) is 0 Å². The van der Waals surface area contributed by atoms with Crippen LogP contribution in [0.3, 0.4) is 0 Å². The fourth-order valence-electron chi connectivity index (χ4n) is 7.99. The third-order valence-corrected chi connectivity index (χ3v) is 12.7. The highest BCUT2D eigenvalue weighted by Gasteiger charge is 2.19. The first-order valence-corrected chi connectivity index (χ1v) is 31.8. The van der Waals surface area contributed by atoms with Crippen molar-refractivity contribution in [1.82, 2.24) is 0 Å². The van der Waals surface area contributed by atoms with Crippen LogP contribution in [0.1, 0.15) is 245 Å². The summed E-state index contributed by atoms with van der Waals surface area (Å²) in [5.41, 5.74) is 0. The van der Waals surface area contributed by atoms with Gasteiger partial charge in [-0.25, -0.2) is 0 Å². The lowest BCUT2D eigenvalue weighted by Gasteiger charge is -2.18. The Labute approximate surface area is 491 Å². The van der Waals surface area contributed by atoms with Crippen molar-refractivity contribution in [1.29, 1.82) is 0 Å². The van der Waals surface area contributed by atoms with Crippen molar-refractivity contribution < 1.29 is 28.6 Å². The standard InChI is InChI=1S/C74H114O6/c1-4-7-10-13-16-19-22-25-27-29-31-32-33-34-35-36-37-38-39-40-41-42-44-45-47-49-52-55-58-61-64-67-73(76)79-70-71(69-78-72(75)66-63-60-57-54-51-24-21-18-15-12-9-6-3)80-74(77)68-65-62-59-56-53-50-48-46-43-30-28-26-23-20-17-14-11-8-5-2/h7-8,10-11,16-17,19-20,25-28,31-32,34-35,37-38,40-41,43-46,49-50,52-53,59,62,71H,4-6,9,12-15,18,21-24,29-30,33,36,39,42,47-48,51,54-58,60-61,63-70H2,1-3H3/b10-7-,11-8-,19-16-,20-17-,27-25-,28-26-,32-31-,35-34-,38-37-,41-40-,45-44-,46-43-,52-49-,53-50-,62-59-. The number of allylic oxidation sites excluding steroid dienone is 30. The Morgan fingerprint density at radius 1 is 0.263 bits per heavy atom. The summed E-state index contributed by atoms with van der Waals surface area (Å²) in [5, 5.41) is 0. The molecular formula is C74H114O6. The molecule has 0 saturated carbocycles. The molecule has 6 nitrogen and oxygen atoms in total. The molecule has 0 radical (unpaired) electrons. The van der Waals surface area contributed by atoms with Gasteiger partial charge in [0.25, 0.3) is 0 Å². The minimum Gasteiger partial charge on any atom is -0.462 e. The van der Waals surface area contributed by atoms with Gasteiger partial charge in [-0.2, -0.15) is 0 Å². The lowest BCUT2D eigenvalue weighted by atomic mass is 10.0. The van der Waals surface area contributed by atoms with Gasteiger partial charge >= 0.3 is 17.9 Å². The molecule has 0 saturated heterocycles. The van der Waals surface area contributed by atoms with Crippen molar-refractivity contribution in [3.05, 3.63) is 182 Å². The number of esters is 3. The van der Waals surface area contributed by atoms with Crippen molar-refractivity contribution in [3.8, 4) is 0 Å². The first kappa shape index (κ1) is 74.5. The first-order chi connectivity index (χ1) is 39.5. The van der Waals surface area contributed by atoms with Crippen LogP contribution in [0.2, 0.25) is 0 Å². The van der Waals surface area contributed by atoms with E-state index >= 15 is 0 Å². The number of rotatable bonds is 55. The Balaban J connectivity index is 4.49. The molecule has 80 heavy (non-hydrogen) atoms. The van der Waals surface area contributed by atoms with E-state index in [0.29, 0.717) is 19.3 Å². The third kappa shape index (κ3) is 63.3. The second kappa shape index (κ2) is 66.0. The number of hydrogen-bond donors (Lipinski definition) is 0. The molecular weight excluding hydrogens is 985 g/mol. The molecule has 0 aromatic heterocycles. The minimum atomic E-state index is -0.841. The van der Waals surface area contributed by atoms with E-state index in [4.69, 9.17) is 14.2 Å². The molecule has 1 atom stereocenters. The van der Waals surface area contributed by atoms with E-state index in [0.717, 1.165) is 141 Å². The van der Waals surface area contributed by atoms with Crippen LogP contribution in [0.5, 0.6) is 0 Å². The summed E-state index contributed by atoms with van der Waals surface area (Å²) in [4.78, 5) is 38.2. The second-order valence-corrected chi connectivity index (χ2v) is 20.2. The van der Waals surface area contributed by atoms with Crippen LogP contribution in [-0.2, 0) is 28.6 Å². The SMILES string of the molecule is CC/C=C\C/C=C\C/C=C\C/C=C\C/C=C\C/C=C\C/C=C\C/C=C\C/C=C\CCCCCC(=O)OCC(COC(=O)CCCCCCCCCCCCCC)OC(=O)CC/C=C\C/C=C\C/C=C\C/C=C\C/C=C\C/C=C\CC. The molecule has 0 aromatic rings. The van der Waals surface area contributed by atoms with Crippen molar-refractivity contribution in [2.75, 3.05) is 13.2 Å². The van der Waals surface area contributed by atoms with Gasteiger partial charge in [0.2, 0.25) is 0 Å². The second-order valence-electron chi connectivity index (χ2n) is 20.2. The lowest BCUT2D eigenvalue weighted by Crippen LogP contribution is -2.30. The maximum atomic E-state index is 12.9. The predicted octanol–water partition coefficient (Wildman–Crippen LogP) is 22.0. The largest absolute Gasteiger partial charge is 0.462 e. The van der Waals surface area contributed by atoms with Crippen LogP contribution in [0.25, 0.3) is 0 Å². The number of carbonyl (C=O) groups is 3. The van der Waals surface area contributed by atoms with Crippen LogP contribution >= 0.6 is 0 Å². The van der Waals surface area contributed by atoms with E-state index in [-0.39, 0.29) is 31.6 Å². The Bertz CT molecular complexity index is 1890. The molecule has 446 valence electrons. The molecule has 0 aliphatic carbocycles. The maximum absolute atomic E-state index is 12.9. The fourth-order valence-corrected chi connectivity index (χ4v) is 7.99. The molecule has 0 aromatic carbocycles. The van der Waals surface area contributed by atoms with Gasteiger partial charge in [0, 0.05) is 19.3 Å². The minimum absolute atomic E-state index is 0.126. The van der Waals surface area contributed by atoms with E-state index in [1.165, 1.54) is 57.8 Å². The zero-order valence-corrected chi connectivity index (χ0v) is 51.0. The van der Waals surface area contributed by atoms with Gasteiger partial charge in [0.05, 0.1) is 0 Å². The van der Waals surface area contributed by atoms with Crippen molar-refractivity contribution in [2.45, 2.75) is 252 Å². The van der Waals surface area contributed by atoms with Crippen LogP contribution in [0.15, 0.2) is 182 Å². The third-order valence-electron chi connectivity index (χ3n) is 12.7. The number of ether oxygens (including phenoxy) is 3. The quantitative estimate of drug-likeness (QED) is 0.0261. The molecule has 0 aliphatic heterocycles. The van der Waals surface area contributed by atoms with Crippen molar-refractivity contribution in [2.24, 2.45) is 0 Å². The van der Waals surface area contributed by atoms with Gasteiger partial charge in [-0.1, -0.05) is 280 Å². The average Bonchev–Trinajstić information content (AvgIpc) is 3.46. The Morgan fingerprint density at radius 2 is 0.512 bits per heavy atom. The van der Waals surface area contributed by atoms with E-state index in [2.05, 4.69) is 191 Å². The lowest BCUT2D eigenvalue weighted by molar-refractivity contribution is -0.166. The summed E-state index contributed by atoms with van der Waals surface area (Å²) in [6, 6.07) is 0. The van der Waals surface area contributed by atoms with E-state index in [1.807, 2.05) is 12.2 Å². The summed E-state index contributed by atoms with van der Waals surface area (Å²) in [5.74, 6) is -1.05. The summed E-state index contributed by atoms with van der Waals surface area (Å²) < 4.78 is 16.8. The van der Waals surface area contributed by atoms with Crippen molar-refractivity contribution in [3.63, 3.8) is 0 Å². The number of hydrogen-bond acceptors (Lipinski definition) is 6. The molecule has 0 spiro atoms. The molecule has 0 rings (SSSR count). The first-order valence-electron chi connectivity index (χ1n) is 31.8. The topological polar surface area (TPSA) is 78.9 Å². The van der Waals surface area contributed by atoms with Gasteiger partial charge in [0.1, 0.15) is 13.2 Å². The molecule has 0 aliphatic rings. The molecule has 6 heteroatoms. The van der Waals surface area contributed by atoms with Gasteiger partial charge in [-0.15, -0.1) is 0 Å². The molecule has 0 N–H and O–H groups in total. The zero-order valence-electron chi connectivity index (χ0n) is 51.0. The highest BCUT2D eigenvalue weighted by atomic mass is 16.6. The van der Waals surface area contributed by atoms with Gasteiger partial charge < -0.3 is 14.2 Å². The Hall–Kier alpha value is -5.49.